The quantitative estimate of drug-likeness (QED) is 0.421. The van der Waals surface area contributed by atoms with Gasteiger partial charge in [0.25, 0.3) is 17.4 Å². The number of carbonyl (C=O) groups excluding carboxylic acids is 2. The van der Waals surface area contributed by atoms with E-state index in [1.165, 1.54) is 10.6 Å². The second kappa shape index (κ2) is 9.11. The standard InChI is InChI=1S/C24H21ClN4O3/c1-15(13-27-23(31)17-7-10-19-20(25)14-26-21(19)12-17)28-24(32)16-5-8-18(9-6-16)29-11-3-2-4-22(29)30/h2-12,14-15,26H,13H2,1H3,(H,27,31)(H,28,32). The van der Waals surface area contributed by atoms with Crippen molar-refractivity contribution in [2.75, 3.05) is 6.54 Å². The Labute approximate surface area is 189 Å². The third-order valence-corrected chi connectivity index (χ3v) is 5.38. The Morgan fingerprint density at radius 2 is 1.78 bits per heavy atom. The molecule has 0 radical (unpaired) electrons. The van der Waals surface area contributed by atoms with Crippen LogP contribution in [0.15, 0.2) is 77.9 Å². The Bertz CT molecular complexity index is 1340. The summed E-state index contributed by atoms with van der Waals surface area (Å²) in [5.41, 5.74) is 2.27. The number of H-pyrrole nitrogens is 1. The minimum absolute atomic E-state index is 0.146. The number of nitrogens with zero attached hydrogens (tertiary/aromatic N) is 1. The summed E-state index contributed by atoms with van der Waals surface area (Å²) < 4.78 is 1.50. The van der Waals surface area contributed by atoms with E-state index in [0.29, 0.717) is 21.8 Å². The molecule has 32 heavy (non-hydrogen) atoms. The van der Waals surface area contributed by atoms with Gasteiger partial charge < -0.3 is 15.6 Å². The summed E-state index contributed by atoms with van der Waals surface area (Å²) in [6.45, 7) is 2.08. The molecule has 2 aromatic heterocycles. The van der Waals surface area contributed by atoms with Gasteiger partial charge >= 0.3 is 0 Å². The highest BCUT2D eigenvalue weighted by molar-refractivity contribution is 6.35. The number of benzene rings is 2. The molecule has 7 nitrogen and oxygen atoms in total. The maximum absolute atomic E-state index is 12.5. The van der Waals surface area contributed by atoms with Crippen molar-refractivity contribution in [1.29, 1.82) is 0 Å². The number of pyridine rings is 1. The van der Waals surface area contributed by atoms with Gasteiger partial charge in [0.1, 0.15) is 0 Å². The number of aromatic amines is 1. The zero-order chi connectivity index (χ0) is 22.7. The molecular formula is C24H21ClN4O3. The topological polar surface area (TPSA) is 96.0 Å². The first-order chi connectivity index (χ1) is 15.4. The van der Waals surface area contributed by atoms with Gasteiger partial charge in [0.05, 0.1) is 5.02 Å². The number of hydrogen-bond acceptors (Lipinski definition) is 3. The molecule has 162 valence electrons. The lowest BCUT2D eigenvalue weighted by molar-refractivity contribution is 0.0912. The first-order valence-electron chi connectivity index (χ1n) is 10.1. The van der Waals surface area contributed by atoms with Crippen LogP contribution in [0.2, 0.25) is 5.02 Å². The zero-order valence-electron chi connectivity index (χ0n) is 17.3. The van der Waals surface area contributed by atoms with Crippen molar-refractivity contribution < 1.29 is 9.59 Å². The number of carbonyl (C=O) groups is 2. The van der Waals surface area contributed by atoms with Crippen LogP contribution in [0.25, 0.3) is 16.6 Å². The average Bonchev–Trinajstić information content (AvgIpc) is 3.18. The van der Waals surface area contributed by atoms with Crippen LogP contribution < -0.4 is 16.2 Å². The molecule has 2 heterocycles. The Balaban J connectivity index is 1.33. The second-order valence-corrected chi connectivity index (χ2v) is 7.84. The SMILES string of the molecule is CC(CNC(=O)c1ccc2c(Cl)c[nH]c2c1)NC(=O)c1ccc(-n2ccccc2=O)cc1. The van der Waals surface area contributed by atoms with Crippen LogP contribution in [0.5, 0.6) is 0 Å². The minimum Gasteiger partial charge on any atom is -0.360 e. The fraction of sp³-hybridized carbons (Fsp3) is 0.125. The molecule has 4 aromatic rings. The van der Waals surface area contributed by atoms with Gasteiger partial charge in [-0.3, -0.25) is 19.0 Å². The molecule has 8 heteroatoms. The largest absolute Gasteiger partial charge is 0.360 e. The van der Waals surface area contributed by atoms with E-state index in [-0.39, 0.29) is 30.0 Å². The summed E-state index contributed by atoms with van der Waals surface area (Å²) in [5, 5.41) is 7.14. The van der Waals surface area contributed by atoms with Crippen LogP contribution >= 0.6 is 11.6 Å². The second-order valence-electron chi connectivity index (χ2n) is 7.44. The Morgan fingerprint density at radius 3 is 2.53 bits per heavy atom. The predicted octanol–water partition coefficient (Wildman–Crippen LogP) is 3.52. The van der Waals surface area contributed by atoms with Crippen molar-refractivity contribution in [2.24, 2.45) is 0 Å². The lowest BCUT2D eigenvalue weighted by Crippen LogP contribution is -2.41. The van der Waals surface area contributed by atoms with Gasteiger partial charge in [0.15, 0.2) is 0 Å². The third-order valence-electron chi connectivity index (χ3n) is 5.07. The van der Waals surface area contributed by atoms with E-state index in [0.717, 1.165) is 10.9 Å². The predicted molar refractivity (Wildman–Crippen MR) is 125 cm³/mol. The number of fused-ring (bicyclic) bond motifs is 1. The molecule has 3 N–H and O–H groups in total. The summed E-state index contributed by atoms with van der Waals surface area (Å²) in [4.78, 5) is 39.9. The van der Waals surface area contributed by atoms with E-state index in [9.17, 15) is 14.4 Å². The Hall–Kier alpha value is -3.84. The van der Waals surface area contributed by atoms with Gasteiger partial charge in [0, 0.05) is 58.8 Å². The van der Waals surface area contributed by atoms with Crippen LogP contribution in [0.3, 0.4) is 0 Å². The van der Waals surface area contributed by atoms with Crippen LogP contribution in [0.1, 0.15) is 27.6 Å². The maximum Gasteiger partial charge on any atom is 0.255 e. The highest BCUT2D eigenvalue weighted by Crippen LogP contribution is 2.23. The molecule has 2 amide bonds. The molecule has 0 aliphatic heterocycles. The van der Waals surface area contributed by atoms with Gasteiger partial charge in [-0.15, -0.1) is 0 Å². The van der Waals surface area contributed by atoms with E-state index in [2.05, 4.69) is 15.6 Å². The molecule has 0 spiro atoms. The molecule has 0 bridgehead atoms. The molecule has 0 aliphatic carbocycles. The van der Waals surface area contributed by atoms with E-state index in [1.807, 2.05) is 6.92 Å². The van der Waals surface area contributed by atoms with E-state index in [4.69, 9.17) is 11.6 Å². The zero-order valence-corrected chi connectivity index (χ0v) is 18.0. The molecule has 0 aliphatic rings. The van der Waals surface area contributed by atoms with Crippen molar-refractivity contribution in [2.45, 2.75) is 13.0 Å². The summed E-state index contributed by atoms with van der Waals surface area (Å²) in [5.74, 6) is -0.502. The first kappa shape index (κ1) is 21.4. The summed E-state index contributed by atoms with van der Waals surface area (Å²) in [6, 6.07) is 16.6. The van der Waals surface area contributed by atoms with E-state index in [1.54, 1.807) is 67.0 Å². The molecule has 1 atom stereocenters. The fourth-order valence-corrected chi connectivity index (χ4v) is 3.57. The minimum atomic E-state index is -0.286. The van der Waals surface area contributed by atoms with Gasteiger partial charge in [-0.25, -0.2) is 0 Å². The summed E-state index contributed by atoms with van der Waals surface area (Å²) >= 11 is 6.07. The van der Waals surface area contributed by atoms with Crippen molar-refractivity contribution in [3.63, 3.8) is 0 Å². The van der Waals surface area contributed by atoms with Crippen molar-refractivity contribution in [3.8, 4) is 5.69 Å². The molecular weight excluding hydrogens is 428 g/mol. The molecule has 2 aromatic carbocycles. The normalized spacial score (nSPS) is 11.8. The molecule has 0 saturated carbocycles. The highest BCUT2D eigenvalue weighted by atomic mass is 35.5. The number of amides is 2. The molecule has 4 rings (SSSR count). The third kappa shape index (κ3) is 4.58. The number of rotatable bonds is 6. The van der Waals surface area contributed by atoms with Crippen LogP contribution in [0.4, 0.5) is 0 Å². The van der Waals surface area contributed by atoms with Crippen molar-refractivity contribution >= 4 is 34.3 Å². The van der Waals surface area contributed by atoms with Gasteiger partial charge in [-0.05, 0) is 49.4 Å². The van der Waals surface area contributed by atoms with E-state index >= 15 is 0 Å². The van der Waals surface area contributed by atoms with Crippen molar-refractivity contribution in [3.05, 3.63) is 99.6 Å². The van der Waals surface area contributed by atoms with Gasteiger partial charge in [-0.1, -0.05) is 23.7 Å². The lowest BCUT2D eigenvalue weighted by Gasteiger charge is -2.15. The summed E-state index contributed by atoms with van der Waals surface area (Å²) in [7, 11) is 0. The highest BCUT2D eigenvalue weighted by Gasteiger charge is 2.13. The van der Waals surface area contributed by atoms with E-state index < -0.39 is 0 Å². The first-order valence-corrected chi connectivity index (χ1v) is 10.4. The number of nitrogens with one attached hydrogen (secondary N) is 3. The van der Waals surface area contributed by atoms with Gasteiger partial charge in [-0.2, -0.15) is 0 Å². The van der Waals surface area contributed by atoms with Crippen molar-refractivity contribution in [1.82, 2.24) is 20.2 Å². The smallest absolute Gasteiger partial charge is 0.255 e. The molecule has 1 unspecified atom stereocenters. The average molecular weight is 449 g/mol. The molecule has 0 fully saturated rings. The monoisotopic (exact) mass is 448 g/mol. The van der Waals surface area contributed by atoms with Crippen LogP contribution in [-0.4, -0.2) is 34.0 Å². The fourth-order valence-electron chi connectivity index (χ4n) is 3.35. The molecule has 0 saturated heterocycles. The van der Waals surface area contributed by atoms with Crippen LogP contribution in [-0.2, 0) is 0 Å². The number of hydrogen-bond donors (Lipinski definition) is 3. The maximum atomic E-state index is 12.5. The Kier molecular flexibility index (Phi) is 6.09. The lowest BCUT2D eigenvalue weighted by atomic mass is 10.1. The Morgan fingerprint density at radius 1 is 1.03 bits per heavy atom. The summed E-state index contributed by atoms with van der Waals surface area (Å²) in [6.07, 6.45) is 3.35. The number of halogens is 1. The van der Waals surface area contributed by atoms with Crippen LogP contribution in [0, 0.1) is 0 Å². The number of aromatic nitrogens is 2. The van der Waals surface area contributed by atoms with Gasteiger partial charge in [0.2, 0.25) is 0 Å².